The van der Waals surface area contributed by atoms with Crippen LogP contribution in [0.1, 0.15) is 41.7 Å². The molecule has 0 saturated carbocycles. The van der Waals surface area contributed by atoms with Crippen molar-refractivity contribution in [3.05, 3.63) is 29.6 Å². The molecule has 2 N–H and O–H groups in total. The third-order valence-corrected chi connectivity index (χ3v) is 2.68. The molecule has 0 aliphatic heterocycles. The van der Waals surface area contributed by atoms with E-state index < -0.39 is 29.3 Å². The highest BCUT2D eigenvalue weighted by molar-refractivity contribution is 5.93. The first-order valence-corrected chi connectivity index (χ1v) is 6.34. The number of hydrogen-bond acceptors (Lipinski definition) is 3. The Morgan fingerprint density at radius 1 is 1.24 bits per heavy atom. The Kier molecular flexibility index (Phi) is 6.13. The number of nitrogens with one attached hydrogen (secondary N) is 1. The molecule has 1 heterocycles. The Labute approximate surface area is 119 Å². The van der Waals surface area contributed by atoms with Crippen LogP contribution in [0, 0.1) is 0 Å². The molecular formula is C13H15F3N2O3. The van der Waals surface area contributed by atoms with E-state index >= 15 is 0 Å². The first-order valence-electron chi connectivity index (χ1n) is 6.34. The SMILES string of the molecule is O=C(O)CCCCCNC(=O)c1ncccc1C(F)(F)F. The van der Waals surface area contributed by atoms with Crippen LogP contribution in [0.15, 0.2) is 18.3 Å². The smallest absolute Gasteiger partial charge is 0.418 e. The molecule has 0 atom stereocenters. The van der Waals surface area contributed by atoms with Crippen LogP contribution in [-0.2, 0) is 11.0 Å². The van der Waals surface area contributed by atoms with Crippen molar-refractivity contribution in [2.45, 2.75) is 31.9 Å². The molecule has 1 aromatic rings. The van der Waals surface area contributed by atoms with Gasteiger partial charge >= 0.3 is 12.1 Å². The molecule has 1 amide bonds. The Hall–Kier alpha value is -2.12. The zero-order chi connectivity index (χ0) is 15.9. The second-order valence-electron chi connectivity index (χ2n) is 4.36. The van der Waals surface area contributed by atoms with Crippen LogP contribution >= 0.6 is 0 Å². The summed E-state index contributed by atoms with van der Waals surface area (Å²) < 4.78 is 38.1. The van der Waals surface area contributed by atoms with Gasteiger partial charge in [0.1, 0.15) is 5.69 Å². The summed E-state index contributed by atoms with van der Waals surface area (Å²) >= 11 is 0. The summed E-state index contributed by atoms with van der Waals surface area (Å²) in [5.41, 5.74) is -1.73. The molecule has 1 rings (SSSR count). The van der Waals surface area contributed by atoms with Crippen molar-refractivity contribution in [3.8, 4) is 0 Å². The molecule has 0 aliphatic carbocycles. The number of hydrogen-bond donors (Lipinski definition) is 2. The fourth-order valence-electron chi connectivity index (χ4n) is 1.68. The van der Waals surface area contributed by atoms with E-state index in [0.29, 0.717) is 19.3 Å². The zero-order valence-corrected chi connectivity index (χ0v) is 11.1. The van der Waals surface area contributed by atoms with E-state index in [2.05, 4.69) is 10.3 Å². The van der Waals surface area contributed by atoms with Gasteiger partial charge in [-0.1, -0.05) is 6.42 Å². The monoisotopic (exact) mass is 304 g/mol. The van der Waals surface area contributed by atoms with E-state index in [1.165, 1.54) is 0 Å². The summed E-state index contributed by atoms with van der Waals surface area (Å²) in [5, 5.41) is 10.8. The summed E-state index contributed by atoms with van der Waals surface area (Å²) in [4.78, 5) is 25.4. The predicted octanol–water partition coefficient (Wildman–Crippen LogP) is 2.48. The van der Waals surface area contributed by atoms with Crippen LogP contribution in [0.25, 0.3) is 0 Å². The average Bonchev–Trinajstić information content (AvgIpc) is 2.41. The molecule has 0 radical (unpaired) electrons. The van der Waals surface area contributed by atoms with E-state index in [9.17, 15) is 22.8 Å². The minimum atomic E-state index is -4.64. The van der Waals surface area contributed by atoms with Crippen molar-refractivity contribution in [2.75, 3.05) is 6.54 Å². The number of carboxylic acid groups (broad SMARTS) is 1. The Bertz CT molecular complexity index is 504. The quantitative estimate of drug-likeness (QED) is 0.758. The topological polar surface area (TPSA) is 79.3 Å². The zero-order valence-electron chi connectivity index (χ0n) is 11.1. The van der Waals surface area contributed by atoms with Gasteiger partial charge in [-0.2, -0.15) is 13.2 Å². The number of unbranched alkanes of at least 4 members (excludes halogenated alkanes) is 2. The lowest BCUT2D eigenvalue weighted by atomic mass is 10.1. The van der Waals surface area contributed by atoms with E-state index in [1.807, 2.05) is 0 Å². The Morgan fingerprint density at radius 2 is 1.95 bits per heavy atom. The van der Waals surface area contributed by atoms with Gasteiger partial charge in [0.05, 0.1) is 5.56 Å². The third kappa shape index (κ3) is 5.80. The minimum Gasteiger partial charge on any atom is -0.481 e. The number of carbonyl (C=O) groups is 2. The molecule has 0 unspecified atom stereocenters. The van der Waals surface area contributed by atoms with Gasteiger partial charge in [-0.05, 0) is 25.0 Å². The van der Waals surface area contributed by atoms with Crippen LogP contribution in [0.4, 0.5) is 13.2 Å². The van der Waals surface area contributed by atoms with E-state index in [4.69, 9.17) is 5.11 Å². The second-order valence-corrected chi connectivity index (χ2v) is 4.36. The van der Waals surface area contributed by atoms with Gasteiger partial charge in [-0.25, -0.2) is 0 Å². The maximum absolute atomic E-state index is 12.7. The van der Waals surface area contributed by atoms with Crippen LogP contribution in [0.3, 0.4) is 0 Å². The summed E-state index contributed by atoms with van der Waals surface area (Å²) in [7, 11) is 0. The number of aromatic nitrogens is 1. The number of pyridine rings is 1. The van der Waals surface area contributed by atoms with E-state index in [-0.39, 0.29) is 13.0 Å². The predicted molar refractivity (Wildman–Crippen MR) is 67.7 cm³/mol. The molecule has 0 spiro atoms. The lowest BCUT2D eigenvalue weighted by Gasteiger charge is -2.11. The maximum atomic E-state index is 12.7. The van der Waals surface area contributed by atoms with Crippen LogP contribution in [0.5, 0.6) is 0 Å². The lowest BCUT2D eigenvalue weighted by molar-refractivity contribution is -0.138. The number of halogens is 3. The van der Waals surface area contributed by atoms with E-state index in [1.54, 1.807) is 0 Å². The van der Waals surface area contributed by atoms with Crippen molar-refractivity contribution in [2.24, 2.45) is 0 Å². The average molecular weight is 304 g/mol. The normalized spacial score (nSPS) is 11.2. The van der Waals surface area contributed by atoms with Gasteiger partial charge in [0.2, 0.25) is 0 Å². The first kappa shape index (κ1) is 16.9. The lowest BCUT2D eigenvalue weighted by Crippen LogP contribution is -2.28. The molecule has 0 saturated heterocycles. The van der Waals surface area contributed by atoms with Crippen LogP contribution in [0.2, 0.25) is 0 Å². The van der Waals surface area contributed by atoms with Gasteiger partial charge < -0.3 is 10.4 Å². The van der Waals surface area contributed by atoms with Gasteiger partial charge in [-0.3, -0.25) is 14.6 Å². The molecule has 0 aliphatic rings. The maximum Gasteiger partial charge on any atom is 0.418 e. The van der Waals surface area contributed by atoms with Gasteiger partial charge in [0, 0.05) is 19.2 Å². The summed E-state index contributed by atoms with van der Waals surface area (Å²) in [6.07, 6.45) is -1.96. The van der Waals surface area contributed by atoms with E-state index in [0.717, 1.165) is 18.3 Å². The highest BCUT2D eigenvalue weighted by atomic mass is 19.4. The molecule has 116 valence electrons. The standard InChI is InChI=1S/C13H15F3N2O3/c14-13(15,16)9-5-4-8-17-11(9)12(21)18-7-3-1-2-6-10(19)20/h4-5,8H,1-3,6-7H2,(H,18,21)(H,19,20). The summed E-state index contributed by atoms with van der Waals surface area (Å²) in [5.74, 6) is -1.79. The number of rotatable bonds is 7. The Balaban J connectivity index is 2.48. The van der Waals surface area contributed by atoms with Gasteiger partial charge in [0.15, 0.2) is 0 Å². The van der Waals surface area contributed by atoms with Crippen LogP contribution in [-0.4, -0.2) is 28.5 Å². The molecule has 0 aromatic carbocycles. The minimum absolute atomic E-state index is 0.0341. The number of alkyl halides is 3. The number of amides is 1. The second kappa shape index (κ2) is 7.61. The number of carboxylic acids is 1. The summed E-state index contributed by atoms with van der Waals surface area (Å²) in [6.45, 7) is 0.173. The number of nitrogens with zero attached hydrogens (tertiary/aromatic N) is 1. The van der Waals surface area contributed by atoms with Gasteiger partial charge in [0.25, 0.3) is 5.91 Å². The molecule has 1 aromatic heterocycles. The van der Waals surface area contributed by atoms with Crippen molar-refractivity contribution < 1.29 is 27.9 Å². The van der Waals surface area contributed by atoms with Crippen molar-refractivity contribution in [1.82, 2.24) is 10.3 Å². The van der Waals surface area contributed by atoms with Crippen molar-refractivity contribution in [3.63, 3.8) is 0 Å². The van der Waals surface area contributed by atoms with Crippen molar-refractivity contribution in [1.29, 1.82) is 0 Å². The number of carbonyl (C=O) groups excluding carboxylic acids is 1. The van der Waals surface area contributed by atoms with Crippen LogP contribution < -0.4 is 5.32 Å². The highest BCUT2D eigenvalue weighted by Crippen LogP contribution is 2.30. The highest BCUT2D eigenvalue weighted by Gasteiger charge is 2.35. The number of aliphatic carboxylic acids is 1. The fourth-order valence-corrected chi connectivity index (χ4v) is 1.68. The van der Waals surface area contributed by atoms with Crippen molar-refractivity contribution >= 4 is 11.9 Å². The fraction of sp³-hybridized carbons (Fsp3) is 0.462. The molecule has 5 nitrogen and oxygen atoms in total. The largest absolute Gasteiger partial charge is 0.481 e. The Morgan fingerprint density at radius 3 is 2.57 bits per heavy atom. The molecule has 0 fully saturated rings. The molecule has 21 heavy (non-hydrogen) atoms. The van der Waals surface area contributed by atoms with Gasteiger partial charge in [-0.15, -0.1) is 0 Å². The molecule has 0 bridgehead atoms. The summed E-state index contributed by atoms with van der Waals surface area (Å²) in [6, 6.07) is 1.92. The first-order chi connectivity index (χ1) is 9.82. The molecular weight excluding hydrogens is 289 g/mol. The third-order valence-electron chi connectivity index (χ3n) is 2.68. The molecule has 8 heteroatoms.